The average molecular weight is 831 g/mol. The van der Waals surface area contributed by atoms with Gasteiger partial charge in [-0.15, -0.1) is 0 Å². The van der Waals surface area contributed by atoms with Crippen LogP contribution in [0.3, 0.4) is 0 Å². The monoisotopic (exact) mass is 830 g/mol. The molecule has 4 amide bonds. The molecule has 4 N–H and O–H groups in total. The molecule has 4 atom stereocenters. The fourth-order valence-electron chi connectivity index (χ4n) is 7.56. The quantitative estimate of drug-likeness (QED) is 0.104. The number of ether oxygens (including phenoxy) is 6. The predicted octanol–water partition coefficient (Wildman–Crippen LogP) is 5.00. The zero-order valence-electron chi connectivity index (χ0n) is 34.9. The second-order valence-corrected chi connectivity index (χ2v) is 14.6. The highest BCUT2D eigenvalue weighted by Gasteiger charge is 2.36. The minimum atomic E-state index is -0.755. The Balaban J connectivity index is 1.27. The molecular weight excluding hydrogens is 777 g/mol. The van der Waals surface area contributed by atoms with Crippen LogP contribution >= 0.6 is 0 Å². The molecule has 0 saturated carbocycles. The van der Waals surface area contributed by atoms with E-state index in [4.69, 9.17) is 18.9 Å². The van der Waals surface area contributed by atoms with Gasteiger partial charge in [0.15, 0.2) is 0 Å². The van der Waals surface area contributed by atoms with Crippen LogP contribution in [0.2, 0.25) is 0 Å². The van der Waals surface area contributed by atoms with E-state index < -0.39 is 24.3 Å². The van der Waals surface area contributed by atoms with Gasteiger partial charge in [0.1, 0.15) is 48.4 Å². The molecule has 6 rings (SSSR count). The van der Waals surface area contributed by atoms with E-state index in [1.807, 2.05) is 36.4 Å². The van der Waals surface area contributed by atoms with Crippen LogP contribution in [0.4, 0.5) is 9.59 Å². The van der Waals surface area contributed by atoms with Crippen molar-refractivity contribution in [2.75, 3.05) is 68.0 Å². The number of aromatic nitrogens is 4. The predicted molar refractivity (Wildman–Crippen MR) is 219 cm³/mol. The number of carbonyl (C=O) groups excluding carboxylic acids is 4. The first kappa shape index (κ1) is 43.4. The maximum Gasteiger partial charge on any atom is 0.407 e. The van der Waals surface area contributed by atoms with Crippen molar-refractivity contribution >= 4 is 24.0 Å². The van der Waals surface area contributed by atoms with Crippen LogP contribution in [0.15, 0.2) is 48.8 Å². The van der Waals surface area contributed by atoms with Crippen LogP contribution in [0, 0.1) is 0 Å². The number of nitrogens with zero attached hydrogens (tertiary/aromatic N) is 4. The summed E-state index contributed by atoms with van der Waals surface area (Å²) >= 11 is 0. The Hall–Kier alpha value is -6.14. The molecule has 4 heterocycles. The number of methoxy groups -OCH3 is 4. The number of aromatic amines is 2. The normalized spacial score (nSPS) is 17.2. The number of hydrogen-bond donors (Lipinski definition) is 4. The molecule has 4 aromatic rings. The Morgan fingerprint density at radius 3 is 1.47 bits per heavy atom. The molecule has 0 spiro atoms. The number of amides is 4. The maximum absolute atomic E-state index is 13.3. The van der Waals surface area contributed by atoms with Crippen LogP contribution in [-0.4, -0.2) is 134 Å². The third-order valence-electron chi connectivity index (χ3n) is 10.6. The number of imidazole rings is 2. The molecule has 2 fully saturated rings. The number of H-pyrrole nitrogens is 2. The molecule has 0 aliphatic carbocycles. The van der Waals surface area contributed by atoms with E-state index in [0.29, 0.717) is 62.7 Å². The molecule has 18 nitrogen and oxygen atoms in total. The van der Waals surface area contributed by atoms with Crippen LogP contribution in [0.1, 0.15) is 63.3 Å². The van der Waals surface area contributed by atoms with Crippen molar-refractivity contribution in [1.82, 2.24) is 40.4 Å². The van der Waals surface area contributed by atoms with Crippen molar-refractivity contribution in [2.45, 2.75) is 63.7 Å². The summed E-state index contributed by atoms with van der Waals surface area (Å²) < 4.78 is 32.6. The zero-order valence-corrected chi connectivity index (χ0v) is 34.9. The lowest BCUT2D eigenvalue weighted by atomic mass is 9.98. The summed E-state index contributed by atoms with van der Waals surface area (Å²) in [5, 5.41) is 5.12. The first-order valence-corrected chi connectivity index (χ1v) is 20.0. The van der Waals surface area contributed by atoms with E-state index in [1.54, 1.807) is 50.3 Å². The van der Waals surface area contributed by atoms with Crippen molar-refractivity contribution in [1.29, 1.82) is 0 Å². The van der Waals surface area contributed by atoms with E-state index in [-0.39, 0.29) is 23.9 Å². The van der Waals surface area contributed by atoms with Gasteiger partial charge in [-0.05, 0) is 63.8 Å². The van der Waals surface area contributed by atoms with Crippen molar-refractivity contribution in [3.05, 3.63) is 60.4 Å². The van der Waals surface area contributed by atoms with Crippen LogP contribution in [-0.2, 0) is 28.5 Å². The summed E-state index contributed by atoms with van der Waals surface area (Å²) in [6.45, 7) is 5.70. The van der Waals surface area contributed by atoms with Crippen molar-refractivity contribution in [3.8, 4) is 45.1 Å². The van der Waals surface area contributed by atoms with Crippen molar-refractivity contribution < 1.29 is 47.6 Å². The lowest BCUT2D eigenvalue weighted by Crippen LogP contribution is -2.46. The standard InChI is InChI=1S/C42H54N8O10/c1-25(45-41(53)57-5)39(51)49-15-7-9-33(49)37-43-23-31(47-37)27-11-13-29(35(21-27)59-19-17-55-3)30-14-12-28(22-36(30)60-20-18-56-4)32-24-44-38(48-32)34-10-8-16-50(34)40(52)26(2)46-42(54)58-6/h11-14,21-26,33-34H,7-10,15-20H2,1-6H3,(H,43,47)(H,44,48)(H,45,53)(H,46,54)/t25-,26-,33-,34-/m0/s1. The molecule has 0 unspecified atom stereocenters. The van der Waals surface area contributed by atoms with Gasteiger partial charge in [-0.3, -0.25) is 9.59 Å². The van der Waals surface area contributed by atoms with Crippen molar-refractivity contribution in [3.63, 3.8) is 0 Å². The molecule has 18 heteroatoms. The summed E-state index contributed by atoms with van der Waals surface area (Å²) in [5.74, 6) is 2.06. The minimum Gasteiger partial charge on any atom is -0.491 e. The lowest BCUT2D eigenvalue weighted by Gasteiger charge is -2.26. The molecule has 2 saturated heterocycles. The summed E-state index contributed by atoms with van der Waals surface area (Å²) in [7, 11) is 5.74. The van der Waals surface area contributed by atoms with Gasteiger partial charge in [-0.25, -0.2) is 19.6 Å². The second kappa shape index (κ2) is 20.2. The highest BCUT2D eigenvalue weighted by molar-refractivity contribution is 5.87. The highest BCUT2D eigenvalue weighted by Crippen LogP contribution is 2.42. The number of carbonyl (C=O) groups is 4. The van der Waals surface area contributed by atoms with E-state index >= 15 is 0 Å². The number of nitrogens with one attached hydrogen (secondary N) is 4. The molecule has 60 heavy (non-hydrogen) atoms. The summed E-state index contributed by atoms with van der Waals surface area (Å²) in [5.41, 5.74) is 4.69. The number of hydrogen-bond acceptors (Lipinski definition) is 12. The smallest absolute Gasteiger partial charge is 0.407 e. The Bertz CT molecular complexity index is 1970. The van der Waals surface area contributed by atoms with Gasteiger partial charge in [0.2, 0.25) is 11.8 Å². The minimum absolute atomic E-state index is 0.213. The third-order valence-corrected chi connectivity index (χ3v) is 10.6. The number of alkyl carbamates (subject to hydrolysis) is 2. The number of likely N-dealkylation sites (tertiary alicyclic amines) is 2. The molecule has 0 bridgehead atoms. The number of benzene rings is 2. The van der Waals surface area contributed by atoms with E-state index in [2.05, 4.69) is 40.0 Å². The van der Waals surface area contributed by atoms with Gasteiger partial charge < -0.3 is 58.8 Å². The van der Waals surface area contributed by atoms with Gasteiger partial charge in [0, 0.05) is 49.6 Å². The molecule has 2 aromatic carbocycles. The van der Waals surface area contributed by atoms with Gasteiger partial charge in [-0.1, -0.05) is 12.1 Å². The highest BCUT2D eigenvalue weighted by atomic mass is 16.5. The maximum atomic E-state index is 13.3. The van der Waals surface area contributed by atoms with Gasteiger partial charge >= 0.3 is 12.2 Å². The van der Waals surface area contributed by atoms with Gasteiger partial charge in [-0.2, -0.15) is 0 Å². The SMILES string of the molecule is COCCOc1cc(-c2cnc([C@@H]3CCCN3C(=O)[C@H](C)NC(=O)OC)[nH]2)ccc1-c1ccc(-c2cnc([C@@H]3CCCN3C(=O)[C@H](C)NC(=O)OC)[nH]2)cc1OCCOC. The Kier molecular flexibility index (Phi) is 14.6. The Morgan fingerprint density at radius 2 is 1.08 bits per heavy atom. The van der Waals surface area contributed by atoms with Gasteiger partial charge in [0.05, 0.1) is 63.3 Å². The van der Waals surface area contributed by atoms with E-state index in [1.165, 1.54) is 14.2 Å². The largest absolute Gasteiger partial charge is 0.491 e. The van der Waals surface area contributed by atoms with Crippen LogP contribution < -0.4 is 20.1 Å². The molecule has 2 aromatic heterocycles. The Morgan fingerprint density at radius 1 is 0.667 bits per heavy atom. The zero-order chi connectivity index (χ0) is 42.8. The fourth-order valence-corrected chi connectivity index (χ4v) is 7.56. The topological polar surface area (TPSA) is 212 Å². The molecule has 2 aliphatic rings. The average Bonchev–Trinajstić information content (AvgIpc) is 4.10. The molecule has 322 valence electrons. The second-order valence-electron chi connectivity index (χ2n) is 14.6. The summed E-state index contributed by atoms with van der Waals surface area (Å²) in [6.07, 6.45) is 5.21. The molecule has 0 radical (unpaired) electrons. The third kappa shape index (κ3) is 9.99. The molecular formula is C42H54N8O10. The van der Waals surface area contributed by atoms with Gasteiger partial charge in [0.25, 0.3) is 0 Å². The van der Waals surface area contributed by atoms with Crippen LogP contribution in [0.5, 0.6) is 11.5 Å². The van der Waals surface area contributed by atoms with E-state index in [9.17, 15) is 19.2 Å². The Labute approximate surface area is 348 Å². The molecule has 2 aliphatic heterocycles. The fraction of sp³-hybridized carbons (Fsp3) is 0.476. The van der Waals surface area contributed by atoms with E-state index in [0.717, 1.165) is 59.3 Å². The van der Waals surface area contributed by atoms with Crippen LogP contribution in [0.25, 0.3) is 33.6 Å². The first-order chi connectivity index (χ1) is 29.1. The first-order valence-electron chi connectivity index (χ1n) is 20.0. The summed E-state index contributed by atoms with van der Waals surface area (Å²) in [6, 6.07) is 9.69. The van der Waals surface area contributed by atoms with Crippen molar-refractivity contribution in [2.24, 2.45) is 0 Å². The summed E-state index contributed by atoms with van der Waals surface area (Å²) in [4.78, 5) is 69.8. The lowest BCUT2D eigenvalue weighted by molar-refractivity contribution is -0.134. The number of rotatable bonds is 17.